The summed E-state index contributed by atoms with van der Waals surface area (Å²) >= 11 is 0. The summed E-state index contributed by atoms with van der Waals surface area (Å²) in [5.74, 6) is 0. The minimum absolute atomic E-state index is 0.0267. The third-order valence-corrected chi connectivity index (χ3v) is 4.93. The first kappa shape index (κ1) is 15.6. The van der Waals surface area contributed by atoms with Crippen LogP contribution in [0.3, 0.4) is 0 Å². The van der Waals surface area contributed by atoms with Crippen molar-refractivity contribution in [2.75, 3.05) is 0 Å². The van der Waals surface area contributed by atoms with E-state index in [-0.39, 0.29) is 5.56 Å². The van der Waals surface area contributed by atoms with Crippen LogP contribution >= 0.6 is 0 Å². The standard InChI is InChI=1S/C21H17N5O/c27-21-17-11-14(18-7-9-24-25-18)5-6-20(17)23-13-26(21)10-8-15-12-22-19-4-2-1-3-16(15)19/h1-7,9,11-13,22H,8,10H2,(H,24,25). The van der Waals surface area contributed by atoms with E-state index in [9.17, 15) is 4.79 Å². The number of H-pyrrole nitrogens is 2. The van der Waals surface area contributed by atoms with Crippen molar-refractivity contribution >= 4 is 21.8 Å². The van der Waals surface area contributed by atoms with E-state index >= 15 is 0 Å². The number of benzene rings is 2. The summed E-state index contributed by atoms with van der Waals surface area (Å²) in [6, 6.07) is 15.8. The Kier molecular flexibility index (Phi) is 3.60. The fraction of sp³-hybridized carbons (Fsp3) is 0.0952. The van der Waals surface area contributed by atoms with Gasteiger partial charge in [0, 0.05) is 35.4 Å². The highest BCUT2D eigenvalue weighted by Crippen LogP contribution is 2.20. The van der Waals surface area contributed by atoms with Gasteiger partial charge in [0.05, 0.1) is 22.9 Å². The van der Waals surface area contributed by atoms with Crippen LogP contribution in [0.25, 0.3) is 33.1 Å². The van der Waals surface area contributed by atoms with E-state index in [0.29, 0.717) is 17.4 Å². The zero-order chi connectivity index (χ0) is 18.2. The van der Waals surface area contributed by atoms with Crippen molar-refractivity contribution in [1.29, 1.82) is 0 Å². The molecule has 0 spiro atoms. The third kappa shape index (κ3) is 2.71. The van der Waals surface area contributed by atoms with Gasteiger partial charge in [0.1, 0.15) is 0 Å². The summed E-state index contributed by atoms with van der Waals surface area (Å²) in [6.07, 6.45) is 6.11. The van der Waals surface area contributed by atoms with Crippen molar-refractivity contribution in [2.45, 2.75) is 13.0 Å². The highest BCUT2D eigenvalue weighted by molar-refractivity contribution is 5.83. The van der Waals surface area contributed by atoms with Crippen molar-refractivity contribution < 1.29 is 0 Å². The largest absolute Gasteiger partial charge is 0.361 e. The van der Waals surface area contributed by atoms with Gasteiger partial charge in [-0.2, -0.15) is 5.10 Å². The second-order valence-corrected chi connectivity index (χ2v) is 6.55. The van der Waals surface area contributed by atoms with E-state index in [4.69, 9.17) is 0 Å². The molecular formula is C21H17N5O. The normalized spacial score (nSPS) is 11.4. The average Bonchev–Trinajstić information content (AvgIpc) is 3.38. The molecule has 132 valence electrons. The molecule has 0 aliphatic carbocycles. The number of para-hydroxylation sites is 1. The lowest BCUT2D eigenvalue weighted by Crippen LogP contribution is -2.21. The lowest BCUT2D eigenvalue weighted by molar-refractivity contribution is 0.664. The number of aromatic nitrogens is 5. The van der Waals surface area contributed by atoms with Crippen LogP contribution in [-0.2, 0) is 13.0 Å². The maximum Gasteiger partial charge on any atom is 0.261 e. The molecule has 6 heteroatoms. The van der Waals surface area contributed by atoms with Crippen LogP contribution in [0.15, 0.2) is 72.0 Å². The summed E-state index contributed by atoms with van der Waals surface area (Å²) in [5, 5.41) is 8.71. The van der Waals surface area contributed by atoms with Crippen LogP contribution in [-0.4, -0.2) is 24.7 Å². The van der Waals surface area contributed by atoms with Crippen LogP contribution in [0.4, 0.5) is 0 Å². The number of fused-ring (bicyclic) bond motifs is 2. The lowest BCUT2D eigenvalue weighted by Gasteiger charge is -2.07. The predicted octanol–water partition coefficient (Wildman–Crippen LogP) is 3.51. The predicted molar refractivity (Wildman–Crippen MR) is 106 cm³/mol. The van der Waals surface area contributed by atoms with Crippen LogP contribution in [0.1, 0.15) is 5.56 Å². The highest BCUT2D eigenvalue weighted by Gasteiger charge is 2.09. The summed E-state index contributed by atoms with van der Waals surface area (Å²) < 4.78 is 1.68. The van der Waals surface area contributed by atoms with Crippen molar-refractivity contribution in [3.05, 3.63) is 83.2 Å². The fourth-order valence-corrected chi connectivity index (χ4v) is 3.48. The van der Waals surface area contributed by atoms with Gasteiger partial charge in [-0.05, 0) is 36.2 Å². The van der Waals surface area contributed by atoms with E-state index in [1.165, 1.54) is 10.9 Å². The Morgan fingerprint density at radius 3 is 2.85 bits per heavy atom. The summed E-state index contributed by atoms with van der Waals surface area (Å²) in [5.41, 5.74) is 4.79. The van der Waals surface area contributed by atoms with Gasteiger partial charge in [0.2, 0.25) is 0 Å². The minimum atomic E-state index is -0.0267. The van der Waals surface area contributed by atoms with Gasteiger partial charge in [0.25, 0.3) is 5.56 Å². The molecule has 0 saturated heterocycles. The Hall–Kier alpha value is -3.67. The first-order chi connectivity index (χ1) is 13.3. The van der Waals surface area contributed by atoms with Gasteiger partial charge in [0.15, 0.2) is 0 Å². The van der Waals surface area contributed by atoms with Gasteiger partial charge in [-0.3, -0.25) is 14.5 Å². The van der Waals surface area contributed by atoms with Crippen molar-refractivity contribution in [2.24, 2.45) is 0 Å². The van der Waals surface area contributed by atoms with E-state index in [1.807, 2.05) is 42.6 Å². The molecule has 0 aliphatic rings. The SMILES string of the molecule is O=c1c2cc(-c3ccn[nH]3)ccc2ncn1CCc1c[nH]c2ccccc12. The second kappa shape index (κ2) is 6.25. The number of aryl methyl sites for hydroxylation is 2. The molecule has 0 unspecified atom stereocenters. The monoisotopic (exact) mass is 355 g/mol. The molecule has 0 atom stereocenters. The number of nitrogens with zero attached hydrogens (tertiary/aromatic N) is 3. The highest BCUT2D eigenvalue weighted by atomic mass is 16.1. The quantitative estimate of drug-likeness (QED) is 0.518. The van der Waals surface area contributed by atoms with E-state index in [0.717, 1.165) is 23.2 Å². The van der Waals surface area contributed by atoms with Crippen molar-refractivity contribution in [1.82, 2.24) is 24.7 Å². The molecular weight excluding hydrogens is 338 g/mol. The van der Waals surface area contributed by atoms with Gasteiger partial charge < -0.3 is 4.98 Å². The molecule has 0 aliphatic heterocycles. The Labute approximate surface area is 154 Å². The molecule has 3 aromatic heterocycles. The van der Waals surface area contributed by atoms with Crippen molar-refractivity contribution in [3.8, 4) is 11.3 Å². The maximum absolute atomic E-state index is 13.0. The molecule has 2 aromatic carbocycles. The Balaban J connectivity index is 1.50. The molecule has 2 N–H and O–H groups in total. The summed E-state index contributed by atoms with van der Waals surface area (Å²) in [4.78, 5) is 20.7. The number of aromatic amines is 2. The molecule has 5 rings (SSSR count). The maximum atomic E-state index is 13.0. The lowest BCUT2D eigenvalue weighted by atomic mass is 10.1. The number of hydrogen-bond donors (Lipinski definition) is 2. The molecule has 3 heterocycles. The summed E-state index contributed by atoms with van der Waals surface area (Å²) in [7, 11) is 0. The van der Waals surface area contributed by atoms with Gasteiger partial charge in [-0.1, -0.05) is 24.3 Å². The third-order valence-electron chi connectivity index (χ3n) is 4.93. The molecule has 0 fully saturated rings. The number of rotatable bonds is 4. The zero-order valence-electron chi connectivity index (χ0n) is 14.5. The van der Waals surface area contributed by atoms with Crippen molar-refractivity contribution in [3.63, 3.8) is 0 Å². The van der Waals surface area contributed by atoms with Gasteiger partial charge in [-0.15, -0.1) is 0 Å². The minimum Gasteiger partial charge on any atom is -0.361 e. The Bertz CT molecular complexity index is 1300. The molecule has 0 radical (unpaired) electrons. The molecule has 5 aromatic rings. The first-order valence-corrected chi connectivity index (χ1v) is 8.83. The zero-order valence-corrected chi connectivity index (χ0v) is 14.5. The smallest absolute Gasteiger partial charge is 0.261 e. The molecule has 0 bridgehead atoms. The topological polar surface area (TPSA) is 79.4 Å². The van der Waals surface area contributed by atoms with Gasteiger partial charge in [-0.25, -0.2) is 4.98 Å². The Morgan fingerprint density at radius 1 is 1.04 bits per heavy atom. The average molecular weight is 355 g/mol. The van der Waals surface area contributed by atoms with Crippen LogP contribution in [0.5, 0.6) is 0 Å². The second-order valence-electron chi connectivity index (χ2n) is 6.55. The molecule has 0 saturated carbocycles. The van der Waals surface area contributed by atoms with Crippen LogP contribution < -0.4 is 5.56 Å². The number of hydrogen-bond acceptors (Lipinski definition) is 3. The van der Waals surface area contributed by atoms with Crippen LogP contribution in [0, 0.1) is 0 Å². The van der Waals surface area contributed by atoms with E-state index < -0.39 is 0 Å². The molecule has 0 amide bonds. The molecule has 6 nitrogen and oxygen atoms in total. The molecule has 27 heavy (non-hydrogen) atoms. The van der Waals surface area contributed by atoms with Gasteiger partial charge >= 0.3 is 0 Å². The van der Waals surface area contributed by atoms with Crippen LogP contribution in [0.2, 0.25) is 0 Å². The Morgan fingerprint density at radius 2 is 1.96 bits per heavy atom. The number of nitrogens with one attached hydrogen (secondary N) is 2. The fourth-order valence-electron chi connectivity index (χ4n) is 3.48. The van der Waals surface area contributed by atoms with E-state index in [1.54, 1.807) is 17.1 Å². The first-order valence-electron chi connectivity index (χ1n) is 8.83. The summed E-state index contributed by atoms with van der Waals surface area (Å²) in [6.45, 7) is 0.581. The van der Waals surface area contributed by atoms with E-state index in [2.05, 4.69) is 32.3 Å².